The van der Waals surface area contributed by atoms with E-state index in [1.54, 1.807) is 23.1 Å². The lowest BCUT2D eigenvalue weighted by molar-refractivity contribution is -0.118. The number of rotatable bonds is 4. The number of nitrogens with two attached hydrogens (primary N) is 1. The summed E-state index contributed by atoms with van der Waals surface area (Å²) in [5.74, 6) is 0.702. The Labute approximate surface area is 213 Å². The molecule has 2 aliphatic rings. The van der Waals surface area contributed by atoms with Crippen LogP contribution in [-0.2, 0) is 27.7 Å². The molecule has 10 heteroatoms. The Morgan fingerprint density at radius 2 is 1.89 bits per heavy atom. The van der Waals surface area contributed by atoms with Crippen molar-refractivity contribution >= 4 is 44.8 Å². The number of benzene rings is 3. The molecule has 0 spiro atoms. The summed E-state index contributed by atoms with van der Waals surface area (Å²) in [4.78, 5) is 15.0. The smallest absolute Gasteiger partial charge is 0.238 e. The van der Waals surface area contributed by atoms with E-state index in [9.17, 15) is 13.2 Å². The minimum atomic E-state index is -3.84. The third kappa shape index (κ3) is 4.97. The molecule has 0 radical (unpaired) electrons. The summed E-state index contributed by atoms with van der Waals surface area (Å²) in [6.07, 6.45) is 1.50. The first-order valence-electron chi connectivity index (χ1n) is 11.0. The van der Waals surface area contributed by atoms with Crippen molar-refractivity contribution in [1.82, 2.24) is 0 Å². The number of hydrogen-bond donors (Lipinski definition) is 1. The average molecular weight is 533 g/mol. The van der Waals surface area contributed by atoms with Crippen LogP contribution in [0.1, 0.15) is 29.2 Å². The highest BCUT2D eigenvalue weighted by atomic mass is 35.5. The molecule has 3 aromatic carbocycles. The summed E-state index contributed by atoms with van der Waals surface area (Å²) in [7, 11) is -3.84. The number of ether oxygens (including phenoxy) is 2. The number of halogens is 2. The molecule has 1 amide bonds. The largest absolute Gasteiger partial charge is 0.485 e. The van der Waals surface area contributed by atoms with Crippen molar-refractivity contribution in [3.05, 3.63) is 81.3 Å². The van der Waals surface area contributed by atoms with Crippen LogP contribution in [0.15, 0.2) is 59.5 Å². The minimum Gasteiger partial charge on any atom is -0.485 e. The van der Waals surface area contributed by atoms with Gasteiger partial charge < -0.3 is 14.4 Å². The second-order valence-corrected chi connectivity index (χ2v) is 10.9. The number of hydrogen-bond acceptors (Lipinski definition) is 5. The van der Waals surface area contributed by atoms with Crippen molar-refractivity contribution in [3.63, 3.8) is 0 Å². The van der Waals surface area contributed by atoms with Crippen LogP contribution in [0.4, 0.5) is 5.69 Å². The van der Waals surface area contributed by atoms with Gasteiger partial charge in [0.2, 0.25) is 15.9 Å². The van der Waals surface area contributed by atoms with Crippen LogP contribution in [0.5, 0.6) is 11.5 Å². The normalized spacial score (nSPS) is 17.1. The van der Waals surface area contributed by atoms with Gasteiger partial charge in [0, 0.05) is 28.3 Å². The summed E-state index contributed by atoms with van der Waals surface area (Å²) in [6, 6.07) is 15.4. The average Bonchev–Trinajstić information content (AvgIpc) is 2.83. The van der Waals surface area contributed by atoms with Crippen LogP contribution in [0.25, 0.3) is 0 Å². The molecule has 182 valence electrons. The summed E-state index contributed by atoms with van der Waals surface area (Å²) in [5.41, 5.74) is 3.52. The second kappa shape index (κ2) is 9.35. The lowest BCUT2D eigenvalue weighted by Gasteiger charge is -2.32. The number of carbonyl (C=O) groups excluding carboxylic acids is 1. The first-order valence-corrected chi connectivity index (χ1v) is 13.3. The third-order valence-corrected chi connectivity index (χ3v) is 7.66. The number of anilines is 1. The Balaban J connectivity index is 1.39. The Bertz CT molecular complexity index is 1430. The van der Waals surface area contributed by atoms with Gasteiger partial charge in [-0.15, -0.1) is 0 Å². The third-order valence-electron chi connectivity index (χ3n) is 6.16. The number of carbonyl (C=O) groups is 1. The Morgan fingerprint density at radius 3 is 2.66 bits per heavy atom. The van der Waals surface area contributed by atoms with Gasteiger partial charge in [0.1, 0.15) is 6.61 Å². The molecule has 0 saturated heterocycles. The molecule has 0 saturated carbocycles. The van der Waals surface area contributed by atoms with Gasteiger partial charge in [-0.2, -0.15) is 0 Å². The Hall–Kier alpha value is -2.78. The first kappa shape index (κ1) is 23.9. The van der Waals surface area contributed by atoms with Crippen LogP contribution in [0.2, 0.25) is 10.0 Å². The molecule has 35 heavy (non-hydrogen) atoms. The van der Waals surface area contributed by atoms with E-state index in [1.807, 2.05) is 18.2 Å². The van der Waals surface area contributed by atoms with Gasteiger partial charge >= 0.3 is 0 Å². The lowest BCUT2D eigenvalue weighted by Crippen LogP contribution is -2.37. The molecule has 2 N–H and O–H groups in total. The summed E-state index contributed by atoms with van der Waals surface area (Å²) in [5, 5.41) is 6.20. The van der Waals surface area contributed by atoms with E-state index in [4.69, 9.17) is 37.8 Å². The highest BCUT2D eigenvalue weighted by molar-refractivity contribution is 7.89. The quantitative estimate of drug-likeness (QED) is 0.526. The molecule has 0 bridgehead atoms. The van der Waals surface area contributed by atoms with Gasteiger partial charge in [0.15, 0.2) is 17.6 Å². The zero-order chi connectivity index (χ0) is 24.7. The molecular weight excluding hydrogens is 511 g/mol. The number of nitrogens with zero attached hydrogens (tertiary/aromatic N) is 1. The molecule has 0 fully saturated rings. The molecule has 0 aliphatic carbocycles. The van der Waals surface area contributed by atoms with E-state index in [-0.39, 0.29) is 23.8 Å². The van der Waals surface area contributed by atoms with Gasteiger partial charge in [-0.25, -0.2) is 13.6 Å². The lowest BCUT2D eigenvalue weighted by atomic mass is 9.97. The SMILES string of the molecule is NS(=O)(=O)c1ccc2c(c1)OCC(c1ccc3c(c1)N(C(=O)Cc1ccc(Cl)cc1Cl)CCC3)O2. The van der Waals surface area contributed by atoms with Gasteiger partial charge in [0.25, 0.3) is 0 Å². The van der Waals surface area contributed by atoms with E-state index < -0.39 is 16.1 Å². The zero-order valence-electron chi connectivity index (χ0n) is 18.5. The van der Waals surface area contributed by atoms with E-state index >= 15 is 0 Å². The maximum absolute atomic E-state index is 13.3. The predicted molar refractivity (Wildman–Crippen MR) is 134 cm³/mol. The zero-order valence-corrected chi connectivity index (χ0v) is 20.9. The fourth-order valence-electron chi connectivity index (χ4n) is 4.37. The van der Waals surface area contributed by atoms with E-state index in [1.165, 1.54) is 18.2 Å². The molecule has 3 aromatic rings. The predicted octanol–water partition coefficient (Wildman–Crippen LogP) is 4.68. The fraction of sp³-hybridized carbons (Fsp3) is 0.240. The number of aryl methyl sites for hydroxylation is 1. The summed E-state index contributed by atoms with van der Waals surface area (Å²) < 4.78 is 35.1. The highest BCUT2D eigenvalue weighted by Gasteiger charge is 2.28. The van der Waals surface area contributed by atoms with E-state index in [2.05, 4.69) is 0 Å². The van der Waals surface area contributed by atoms with Gasteiger partial charge in [-0.1, -0.05) is 41.4 Å². The van der Waals surface area contributed by atoms with Gasteiger partial charge in [-0.05, 0) is 59.9 Å². The molecule has 7 nitrogen and oxygen atoms in total. The van der Waals surface area contributed by atoms with Crippen LogP contribution in [0, 0.1) is 0 Å². The maximum Gasteiger partial charge on any atom is 0.238 e. The standard InChI is InChI=1S/C25H22Cl2N2O5S/c26-18-6-5-16(20(27)12-18)11-25(30)29-9-1-2-15-3-4-17(10-21(15)29)24-14-33-23-13-19(35(28,31)32)7-8-22(23)34-24/h3-8,10,12-13,24H,1-2,9,11,14H2,(H2,28,31,32). The number of sulfonamides is 1. The van der Waals surface area contributed by atoms with Crippen molar-refractivity contribution in [3.8, 4) is 11.5 Å². The Morgan fingerprint density at radius 1 is 1.06 bits per heavy atom. The van der Waals surface area contributed by atoms with Crippen LogP contribution < -0.4 is 19.5 Å². The molecule has 1 atom stereocenters. The second-order valence-electron chi connectivity index (χ2n) is 8.52. The van der Waals surface area contributed by atoms with Crippen molar-refractivity contribution in [1.29, 1.82) is 0 Å². The maximum atomic E-state index is 13.3. The molecule has 5 rings (SSSR count). The number of primary sulfonamides is 1. The van der Waals surface area contributed by atoms with Crippen molar-refractivity contribution < 1.29 is 22.7 Å². The van der Waals surface area contributed by atoms with Crippen LogP contribution in [0.3, 0.4) is 0 Å². The molecular formula is C25H22Cl2N2O5S. The molecule has 2 heterocycles. The van der Waals surface area contributed by atoms with Crippen LogP contribution in [-0.4, -0.2) is 27.5 Å². The summed E-state index contributed by atoms with van der Waals surface area (Å²) >= 11 is 12.3. The molecule has 0 aromatic heterocycles. The monoisotopic (exact) mass is 532 g/mol. The van der Waals surface area contributed by atoms with Crippen molar-refractivity contribution in [2.45, 2.75) is 30.3 Å². The molecule has 1 unspecified atom stereocenters. The van der Waals surface area contributed by atoms with Crippen LogP contribution >= 0.6 is 23.2 Å². The van der Waals surface area contributed by atoms with Gasteiger partial charge in [-0.3, -0.25) is 4.79 Å². The van der Waals surface area contributed by atoms with Gasteiger partial charge in [0.05, 0.1) is 11.3 Å². The topological polar surface area (TPSA) is 98.9 Å². The van der Waals surface area contributed by atoms with E-state index in [0.717, 1.165) is 35.2 Å². The number of amides is 1. The first-order chi connectivity index (χ1) is 16.7. The number of fused-ring (bicyclic) bond motifs is 2. The van der Waals surface area contributed by atoms with E-state index in [0.29, 0.717) is 28.1 Å². The highest BCUT2D eigenvalue weighted by Crippen LogP contribution is 2.39. The molecule has 2 aliphatic heterocycles. The summed E-state index contributed by atoms with van der Waals surface area (Å²) in [6.45, 7) is 0.801. The van der Waals surface area contributed by atoms with Crippen molar-refractivity contribution in [2.75, 3.05) is 18.1 Å². The van der Waals surface area contributed by atoms with Crippen molar-refractivity contribution in [2.24, 2.45) is 5.14 Å². The fourth-order valence-corrected chi connectivity index (χ4v) is 5.37. The Kier molecular flexibility index (Phi) is 6.40. The minimum absolute atomic E-state index is 0.0398.